The van der Waals surface area contributed by atoms with E-state index in [9.17, 15) is 8.60 Å². The maximum Gasteiger partial charge on any atom is 0.125 e. The summed E-state index contributed by atoms with van der Waals surface area (Å²) in [7, 11) is -0.895. The molecule has 0 spiro atoms. The van der Waals surface area contributed by atoms with Gasteiger partial charge in [-0.25, -0.2) is 9.37 Å². The normalized spacial score (nSPS) is 14.7. The molecule has 0 saturated heterocycles. The van der Waals surface area contributed by atoms with Gasteiger partial charge in [0.1, 0.15) is 11.6 Å². The van der Waals surface area contributed by atoms with Crippen LogP contribution in [-0.2, 0) is 17.2 Å². The minimum Gasteiger partial charge on any atom is -0.324 e. The number of rotatable bonds is 5. The number of aryl methyl sites for hydroxylation is 1. The van der Waals surface area contributed by atoms with Gasteiger partial charge in [-0.2, -0.15) is 0 Å². The van der Waals surface area contributed by atoms with Crippen LogP contribution in [0.15, 0.2) is 18.2 Å². The molecule has 0 bridgehead atoms. The van der Waals surface area contributed by atoms with Crippen molar-refractivity contribution < 1.29 is 8.60 Å². The zero-order valence-electron chi connectivity index (χ0n) is 10.9. The fraction of sp³-hybridized carbons (Fsp3) is 0.462. The third-order valence-electron chi connectivity index (χ3n) is 2.96. The number of fused-ring (bicyclic) bond motifs is 1. The van der Waals surface area contributed by atoms with E-state index in [2.05, 4.69) is 4.98 Å². The van der Waals surface area contributed by atoms with Gasteiger partial charge in [-0.05, 0) is 19.1 Å². The molecular weight excluding hydrogens is 287 g/mol. The van der Waals surface area contributed by atoms with Crippen LogP contribution in [0.25, 0.3) is 11.0 Å². The molecule has 1 aromatic heterocycles. The molecule has 0 aliphatic carbocycles. The molecule has 0 amide bonds. The standard InChI is InChI=1S/C13H16ClFN2OS/c1-9(8-19(2)18)17-12-4-3-10(15)7-11(12)16-13(17)5-6-14/h3-4,7,9H,5-6,8H2,1-2H3. The van der Waals surface area contributed by atoms with Gasteiger partial charge in [-0.1, -0.05) is 0 Å². The van der Waals surface area contributed by atoms with Gasteiger partial charge in [0.05, 0.1) is 11.0 Å². The van der Waals surface area contributed by atoms with Crippen molar-refractivity contribution in [1.29, 1.82) is 0 Å². The van der Waals surface area contributed by atoms with Gasteiger partial charge in [0.2, 0.25) is 0 Å². The average Bonchev–Trinajstić information content (AvgIpc) is 2.65. The van der Waals surface area contributed by atoms with Gasteiger partial charge in [-0.15, -0.1) is 11.6 Å². The Hall–Kier alpha value is -0.940. The number of halogens is 2. The molecule has 2 unspecified atom stereocenters. The first-order chi connectivity index (χ1) is 9.02. The zero-order chi connectivity index (χ0) is 14.0. The first-order valence-corrected chi connectivity index (χ1v) is 8.31. The smallest absolute Gasteiger partial charge is 0.125 e. The maximum absolute atomic E-state index is 13.3. The lowest BCUT2D eigenvalue weighted by Gasteiger charge is -2.16. The third-order valence-corrected chi connectivity index (χ3v) is 4.10. The molecule has 0 aliphatic rings. The van der Waals surface area contributed by atoms with Crippen LogP contribution in [0.2, 0.25) is 0 Å². The number of imidazole rings is 1. The molecule has 2 aromatic rings. The van der Waals surface area contributed by atoms with Crippen molar-refractivity contribution in [3.05, 3.63) is 29.8 Å². The number of nitrogens with zero attached hydrogens (tertiary/aromatic N) is 2. The molecular formula is C13H16ClFN2OS. The van der Waals surface area contributed by atoms with Crippen LogP contribution >= 0.6 is 11.6 Å². The van der Waals surface area contributed by atoms with Crippen LogP contribution < -0.4 is 0 Å². The summed E-state index contributed by atoms with van der Waals surface area (Å²) in [6.07, 6.45) is 2.29. The maximum atomic E-state index is 13.3. The SMILES string of the molecule is CC(CS(C)=O)n1c(CCCl)nc2cc(F)ccc21. The third kappa shape index (κ3) is 3.15. The highest BCUT2D eigenvalue weighted by Gasteiger charge is 2.16. The van der Waals surface area contributed by atoms with Gasteiger partial charge in [0.15, 0.2) is 0 Å². The fourth-order valence-corrected chi connectivity index (χ4v) is 3.29. The Bertz CT molecular complexity index is 614. The first kappa shape index (κ1) is 14.5. The van der Waals surface area contributed by atoms with E-state index in [0.717, 1.165) is 11.3 Å². The quantitative estimate of drug-likeness (QED) is 0.796. The second kappa shape index (κ2) is 6.01. The number of benzene rings is 1. The van der Waals surface area contributed by atoms with Crippen LogP contribution in [-0.4, -0.2) is 31.6 Å². The predicted octanol–water partition coefficient (Wildman–Crippen LogP) is 2.90. The van der Waals surface area contributed by atoms with Gasteiger partial charge < -0.3 is 4.57 Å². The molecule has 0 saturated carbocycles. The molecule has 6 heteroatoms. The van der Waals surface area contributed by atoms with Crippen molar-refractivity contribution in [3.63, 3.8) is 0 Å². The largest absolute Gasteiger partial charge is 0.324 e. The summed E-state index contributed by atoms with van der Waals surface area (Å²) in [6.45, 7) is 1.99. The molecule has 104 valence electrons. The van der Waals surface area contributed by atoms with E-state index in [-0.39, 0.29) is 11.9 Å². The Morgan fingerprint density at radius 1 is 1.53 bits per heavy atom. The first-order valence-electron chi connectivity index (χ1n) is 6.05. The minimum absolute atomic E-state index is 0.0412. The van der Waals surface area contributed by atoms with E-state index in [0.29, 0.717) is 23.6 Å². The van der Waals surface area contributed by atoms with E-state index >= 15 is 0 Å². The Kier molecular flexibility index (Phi) is 4.58. The van der Waals surface area contributed by atoms with Crippen molar-refractivity contribution in [2.75, 3.05) is 17.9 Å². The lowest BCUT2D eigenvalue weighted by atomic mass is 10.3. The number of hydrogen-bond acceptors (Lipinski definition) is 2. The van der Waals surface area contributed by atoms with E-state index in [1.807, 2.05) is 11.5 Å². The number of aromatic nitrogens is 2. The summed E-state index contributed by atoms with van der Waals surface area (Å²) in [5.74, 6) is 1.50. The molecule has 1 heterocycles. The summed E-state index contributed by atoms with van der Waals surface area (Å²) >= 11 is 5.79. The van der Waals surface area contributed by atoms with E-state index in [1.165, 1.54) is 12.1 Å². The summed E-state index contributed by atoms with van der Waals surface area (Å²) < 4.78 is 26.7. The summed E-state index contributed by atoms with van der Waals surface area (Å²) in [6, 6.07) is 4.59. The van der Waals surface area contributed by atoms with Crippen LogP contribution in [0.4, 0.5) is 4.39 Å². The Balaban J connectivity index is 2.54. The highest BCUT2D eigenvalue weighted by Crippen LogP contribution is 2.23. The van der Waals surface area contributed by atoms with Crippen molar-refractivity contribution in [2.24, 2.45) is 0 Å². The van der Waals surface area contributed by atoms with Crippen molar-refractivity contribution >= 4 is 33.4 Å². The van der Waals surface area contributed by atoms with E-state index in [4.69, 9.17) is 11.6 Å². The Labute approximate surface area is 119 Å². The molecule has 0 N–H and O–H groups in total. The topological polar surface area (TPSA) is 34.9 Å². The second-order valence-electron chi connectivity index (χ2n) is 4.56. The molecule has 19 heavy (non-hydrogen) atoms. The van der Waals surface area contributed by atoms with E-state index in [1.54, 1.807) is 12.3 Å². The number of alkyl halides is 1. The Morgan fingerprint density at radius 2 is 2.26 bits per heavy atom. The van der Waals surface area contributed by atoms with Crippen LogP contribution in [0, 0.1) is 5.82 Å². The van der Waals surface area contributed by atoms with Crippen molar-refractivity contribution in [1.82, 2.24) is 9.55 Å². The lowest BCUT2D eigenvalue weighted by molar-refractivity contribution is 0.586. The van der Waals surface area contributed by atoms with Crippen LogP contribution in [0.1, 0.15) is 18.8 Å². The minimum atomic E-state index is -0.895. The molecule has 3 nitrogen and oxygen atoms in total. The summed E-state index contributed by atoms with van der Waals surface area (Å²) in [4.78, 5) is 4.43. The van der Waals surface area contributed by atoms with Crippen molar-refractivity contribution in [3.8, 4) is 0 Å². The fourth-order valence-electron chi connectivity index (χ4n) is 2.29. The van der Waals surface area contributed by atoms with Crippen LogP contribution in [0.3, 0.4) is 0 Å². The predicted molar refractivity (Wildman–Crippen MR) is 77.8 cm³/mol. The summed E-state index contributed by atoms with van der Waals surface area (Å²) in [5, 5.41) is 0. The second-order valence-corrected chi connectivity index (χ2v) is 6.42. The van der Waals surface area contributed by atoms with E-state index < -0.39 is 10.8 Å². The van der Waals surface area contributed by atoms with Gasteiger partial charge in [0, 0.05) is 47.2 Å². The monoisotopic (exact) mass is 302 g/mol. The van der Waals surface area contributed by atoms with Gasteiger partial charge in [0.25, 0.3) is 0 Å². The molecule has 1 aromatic carbocycles. The zero-order valence-corrected chi connectivity index (χ0v) is 12.5. The molecule has 2 atom stereocenters. The summed E-state index contributed by atoms with van der Waals surface area (Å²) in [5.41, 5.74) is 1.48. The van der Waals surface area contributed by atoms with Gasteiger partial charge >= 0.3 is 0 Å². The van der Waals surface area contributed by atoms with Crippen molar-refractivity contribution in [2.45, 2.75) is 19.4 Å². The molecule has 0 aliphatic heterocycles. The Morgan fingerprint density at radius 3 is 2.89 bits per heavy atom. The highest BCUT2D eigenvalue weighted by molar-refractivity contribution is 7.84. The molecule has 0 radical (unpaired) electrons. The molecule has 0 fully saturated rings. The lowest BCUT2D eigenvalue weighted by Crippen LogP contribution is -2.15. The average molecular weight is 303 g/mol. The van der Waals surface area contributed by atoms with Crippen LogP contribution in [0.5, 0.6) is 0 Å². The number of hydrogen-bond donors (Lipinski definition) is 0. The highest BCUT2D eigenvalue weighted by atomic mass is 35.5. The van der Waals surface area contributed by atoms with Gasteiger partial charge in [-0.3, -0.25) is 4.21 Å². The molecule has 2 rings (SSSR count).